The molecule has 0 atom stereocenters. The molecule has 0 saturated heterocycles. The summed E-state index contributed by atoms with van der Waals surface area (Å²) >= 11 is 0. The summed E-state index contributed by atoms with van der Waals surface area (Å²) in [6.07, 6.45) is 0. The molecular formula is C102H88BN3Si2. The summed E-state index contributed by atoms with van der Waals surface area (Å²) in [6.45, 7) is 21.0. The highest BCUT2D eigenvalue weighted by Gasteiger charge is 2.50. The van der Waals surface area contributed by atoms with Crippen LogP contribution in [0.5, 0.6) is 0 Å². The van der Waals surface area contributed by atoms with E-state index in [4.69, 9.17) is 0 Å². The number of nitrogens with zero attached hydrogens (tertiary/aromatic N) is 3. The fraction of sp³-hybridized carbons (Fsp3) is 0.118. The van der Waals surface area contributed by atoms with Crippen LogP contribution in [0.1, 0.15) is 79.0 Å². The average Bonchev–Trinajstić information content (AvgIpc) is 0.793. The van der Waals surface area contributed by atoms with Gasteiger partial charge < -0.3 is 14.4 Å². The largest absolute Gasteiger partial charge is 0.311 e. The van der Waals surface area contributed by atoms with Gasteiger partial charge in [-0.3, -0.25) is 0 Å². The van der Waals surface area contributed by atoms with E-state index < -0.39 is 16.1 Å². The first-order valence-corrected chi connectivity index (χ1v) is 42.3. The quantitative estimate of drug-likeness (QED) is 0.0842. The third-order valence-corrected chi connectivity index (χ3v) is 32.8. The Morgan fingerprint density at radius 3 is 1.09 bits per heavy atom. The molecule has 0 N–H and O–H groups in total. The lowest BCUT2D eigenvalue weighted by atomic mass is 9.32. The number of benzene rings is 15. The van der Waals surface area contributed by atoms with E-state index >= 15 is 0 Å². The van der Waals surface area contributed by atoms with Crippen LogP contribution < -0.4 is 67.7 Å². The zero-order valence-electron chi connectivity index (χ0n) is 63.1. The van der Waals surface area contributed by atoms with E-state index in [0.717, 1.165) is 45.2 Å². The van der Waals surface area contributed by atoms with Crippen molar-refractivity contribution in [2.24, 2.45) is 0 Å². The van der Waals surface area contributed by atoms with Crippen LogP contribution in [-0.2, 0) is 16.2 Å². The predicted molar refractivity (Wildman–Crippen MR) is 469 cm³/mol. The lowest BCUT2D eigenvalue weighted by molar-refractivity contribution is 0.590. The van der Waals surface area contributed by atoms with Crippen LogP contribution in [0.2, 0.25) is 0 Å². The number of rotatable bonds is 13. The van der Waals surface area contributed by atoms with Crippen LogP contribution in [-0.4, -0.2) is 27.4 Å². The van der Waals surface area contributed by atoms with E-state index in [1.807, 2.05) is 0 Å². The molecule has 522 valence electrons. The highest BCUT2D eigenvalue weighted by molar-refractivity contribution is 7.20. The second-order valence-electron chi connectivity index (χ2n) is 32.8. The smallest absolute Gasteiger partial charge is 0.252 e. The fourth-order valence-electron chi connectivity index (χ4n) is 18.0. The molecule has 16 aromatic rings. The van der Waals surface area contributed by atoms with Gasteiger partial charge in [0.05, 0.1) is 16.7 Å². The molecule has 1 aromatic heterocycles. The van der Waals surface area contributed by atoms with E-state index in [-0.39, 0.29) is 23.0 Å². The summed E-state index contributed by atoms with van der Waals surface area (Å²) in [5, 5.41) is 13.1. The van der Waals surface area contributed by atoms with Crippen LogP contribution in [0.3, 0.4) is 0 Å². The topological polar surface area (TPSA) is 11.4 Å². The van der Waals surface area contributed by atoms with E-state index in [0.29, 0.717) is 0 Å². The number of aromatic nitrogens is 1. The minimum Gasteiger partial charge on any atom is -0.311 e. The normalized spacial score (nSPS) is 13.0. The third kappa shape index (κ3) is 11.3. The maximum atomic E-state index is 2.74. The SMILES string of the molecule is CC(C)(C)c1cccc([Si](c2ccccc2)(c2ccccc2)c2cccc(N3c4cc([Si](c5ccccc5)(c5ccccc5)c5cccc(C(C)(C)C)c5)ccc4B4c5c(-c6ccccc6)cc(C(C)(C)C)cc5N(c5ccc(-c6ccccc6)cc5)c5cc(-n6c7ccccc7c7ccccc76)cc3c54)c2)c1. The van der Waals surface area contributed by atoms with E-state index in [1.54, 1.807) is 0 Å². The number of para-hydroxylation sites is 2. The molecule has 3 nitrogen and oxygen atoms in total. The van der Waals surface area contributed by atoms with Gasteiger partial charge in [-0.25, -0.2) is 0 Å². The van der Waals surface area contributed by atoms with Gasteiger partial charge in [-0.2, -0.15) is 0 Å². The van der Waals surface area contributed by atoms with Crippen molar-refractivity contribution in [2.75, 3.05) is 9.80 Å². The first-order valence-electron chi connectivity index (χ1n) is 38.3. The van der Waals surface area contributed by atoms with E-state index in [9.17, 15) is 0 Å². The summed E-state index contributed by atoms with van der Waals surface area (Å²) in [7, 11) is -6.56. The van der Waals surface area contributed by atoms with Crippen LogP contribution >= 0.6 is 0 Å². The van der Waals surface area contributed by atoms with Gasteiger partial charge in [0.15, 0.2) is 16.1 Å². The molecule has 0 radical (unpaired) electrons. The lowest BCUT2D eigenvalue weighted by Crippen LogP contribution is -2.75. The van der Waals surface area contributed by atoms with E-state index in [1.165, 1.54) is 113 Å². The Kier molecular flexibility index (Phi) is 16.8. The van der Waals surface area contributed by atoms with Gasteiger partial charge in [0.1, 0.15) is 0 Å². The molecule has 6 heteroatoms. The van der Waals surface area contributed by atoms with Crippen LogP contribution in [0.4, 0.5) is 34.1 Å². The molecule has 0 bridgehead atoms. The molecule has 2 aliphatic rings. The fourth-order valence-corrected chi connectivity index (χ4v) is 27.6. The van der Waals surface area contributed by atoms with Crippen molar-refractivity contribution in [3.8, 4) is 27.9 Å². The first kappa shape index (κ1) is 68.0. The Morgan fingerprint density at radius 2 is 0.620 bits per heavy atom. The van der Waals surface area contributed by atoms with Crippen molar-refractivity contribution in [2.45, 2.75) is 78.6 Å². The first-order chi connectivity index (χ1) is 52.5. The standard InChI is InChI=1S/C102H88BN3Si2/c1-100(2,3)74-39-32-50-84(63-74)107(80-42-20-12-21-43-80,81-44-22-13-23-45-81)86-52-34-41-78(67-86)105-94-70-87(108(82-46-24-14-25-47-82,83-48-26-15-27-49-83)85-51-33-40-75(64-85)101(4,5)6)61-62-91(94)103-98-90(73-37-18-11-19-38-73)65-76(102(7,8)9)66-95(98)104(77-59-57-72(58-60-77)71-35-16-10-17-36-71)96-68-79(69-97(105)99(96)103)106-92-55-30-28-53-88(92)89-54-29-31-56-93(89)106/h10-70H,1-9H3. The van der Waals surface area contributed by atoms with Crippen LogP contribution in [0.15, 0.2) is 370 Å². The molecule has 0 fully saturated rings. The van der Waals surface area contributed by atoms with Crippen molar-refractivity contribution in [3.05, 3.63) is 387 Å². The molecule has 18 rings (SSSR count). The number of hydrogen-bond donors (Lipinski definition) is 0. The van der Waals surface area contributed by atoms with Crippen molar-refractivity contribution in [3.63, 3.8) is 0 Å². The summed E-state index contributed by atoms with van der Waals surface area (Å²) in [4.78, 5) is 5.40. The number of anilines is 6. The van der Waals surface area contributed by atoms with Crippen molar-refractivity contribution in [1.29, 1.82) is 0 Å². The molecule has 0 amide bonds. The Morgan fingerprint density at radius 1 is 0.241 bits per heavy atom. The molecule has 2 aliphatic heterocycles. The highest BCUT2D eigenvalue weighted by Crippen LogP contribution is 2.49. The van der Waals surface area contributed by atoms with Crippen LogP contribution in [0, 0.1) is 0 Å². The molecular weight excluding hydrogens is 1330 g/mol. The predicted octanol–water partition coefficient (Wildman–Crippen LogP) is 18.8. The minimum absolute atomic E-state index is 0.102. The maximum Gasteiger partial charge on any atom is 0.252 e. The molecule has 0 unspecified atom stereocenters. The molecule has 0 spiro atoms. The second kappa shape index (κ2) is 26.6. The van der Waals surface area contributed by atoms with Crippen molar-refractivity contribution < 1.29 is 0 Å². The van der Waals surface area contributed by atoms with Crippen LogP contribution in [0.25, 0.3) is 49.7 Å². The van der Waals surface area contributed by atoms with Gasteiger partial charge in [0, 0.05) is 44.9 Å². The summed E-state index contributed by atoms with van der Waals surface area (Å²) in [5.41, 5.74) is 22.2. The Bertz CT molecular complexity index is 5920. The summed E-state index contributed by atoms with van der Waals surface area (Å²) < 4.78 is 2.56. The van der Waals surface area contributed by atoms with E-state index in [2.05, 4.69) is 447 Å². The molecule has 0 saturated carbocycles. The molecule has 108 heavy (non-hydrogen) atoms. The monoisotopic (exact) mass is 1420 g/mol. The third-order valence-electron chi connectivity index (χ3n) is 23.3. The number of hydrogen-bond acceptors (Lipinski definition) is 2. The Labute approximate surface area is 639 Å². The zero-order valence-corrected chi connectivity index (χ0v) is 65.1. The summed E-state index contributed by atoms with van der Waals surface area (Å²) in [5.74, 6) is 0. The highest BCUT2D eigenvalue weighted by atomic mass is 28.3. The second-order valence-corrected chi connectivity index (χ2v) is 40.4. The summed E-state index contributed by atoms with van der Waals surface area (Å²) in [6, 6.07) is 143. The Hall–Kier alpha value is -11.8. The van der Waals surface area contributed by atoms with Gasteiger partial charge in [-0.15, -0.1) is 0 Å². The van der Waals surface area contributed by atoms with Crippen molar-refractivity contribution in [1.82, 2.24) is 4.57 Å². The number of fused-ring (bicyclic) bond motifs is 7. The maximum absolute atomic E-state index is 3.31. The van der Waals surface area contributed by atoms with Gasteiger partial charge >= 0.3 is 0 Å². The zero-order chi connectivity index (χ0) is 73.7. The Balaban J connectivity index is 1.03. The average molecular weight is 1420 g/mol. The van der Waals surface area contributed by atoms with Gasteiger partial charge in [0.2, 0.25) is 0 Å². The lowest BCUT2D eigenvalue weighted by Gasteiger charge is -2.46. The molecule has 3 heterocycles. The van der Waals surface area contributed by atoms with Gasteiger partial charge in [-0.1, -0.05) is 372 Å². The van der Waals surface area contributed by atoms with Gasteiger partial charge in [0.25, 0.3) is 6.71 Å². The molecule has 15 aromatic carbocycles. The van der Waals surface area contributed by atoms with Gasteiger partial charge in [-0.05, 0) is 174 Å². The molecule has 0 aliphatic carbocycles. The van der Waals surface area contributed by atoms with Crippen molar-refractivity contribution >= 4 is 137 Å². The minimum atomic E-state index is -3.31.